The minimum atomic E-state index is -0.422. The van der Waals surface area contributed by atoms with E-state index in [1.165, 1.54) is 0 Å². The standard InChI is InChI=1S/C13H25NO3S2.C2H6.CH4/c1-4-10(12(16)5-2)8-18-19-9-11(14-6-3)13(17)7-15;1-2;/h10-11,14-15H,4-9H2,1-3H3;1-2H3;1H4. The number of carbonyl (C=O) groups excluding carboxylic acids is 2. The number of Topliss-reactive ketones (excluding diaryl/α,β-unsaturated/α-hetero) is 2. The molecule has 0 rings (SSSR count). The minimum Gasteiger partial charge on any atom is -0.389 e. The summed E-state index contributed by atoms with van der Waals surface area (Å²) < 4.78 is 0. The summed E-state index contributed by atoms with van der Waals surface area (Å²) in [5, 5.41) is 11.9. The molecule has 0 bridgehead atoms. The number of hydrogen-bond donors (Lipinski definition) is 2. The summed E-state index contributed by atoms with van der Waals surface area (Å²) in [7, 11) is 3.22. The minimum absolute atomic E-state index is 0. The Morgan fingerprint density at radius 2 is 1.59 bits per heavy atom. The molecule has 4 nitrogen and oxygen atoms in total. The summed E-state index contributed by atoms with van der Waals surface area (Å²) >= 11 is 0. The second kappa shape index (κ2) is 19.0. The van der Waals surface area contributed by atoms with E-state index in [9.17, 15) is 9.59 Å². The summed E-state index contributed by atoms with van der Waals surface area (Å²) in [5.74, 6) is 1.67. The van der Waals surface area contributed by atoms with E-state index >= 15 is 0 Å². The fraction of sp³-hybridized carbons (Fsp3) is 0.875. The van der Waals surface area contributed by atoms with Crippen molar-refractivity contribution in [2.75, 3.05) is 24.7 Å². The molecule has 0 heterocycles. The third kappa shape index (κ3) is 12.5. The van der Waals surface area contributed by atoms with Gasteiger partial charge in [-0.2, -0.15) is 0 Å². The van der Waals surface area contributed by atoms with Crippen molar-refractivity contribution in [2.24, 2.45) is 5.92 Å². The topological polar surface area (TPSA) is 66.4 Å². The Labute approximate surface area is 145 Å². The first kappa shape index (κ1) is 26.8. The maximum Gasteiger partial charge on any atom is 0.175 e. The highest BCUT2D eigenvalue weighted by molar-refractivity contribution is 8.76. The van der Waals surface area contributed by atoms with Gasteiger partial charge in [-0.15, -0.1) is 0 Å². The average molecular weight is 354 g/mol. The van der Waals surface area contributed by atoms with Crippen LogP contribution in [0.25, 0.3) is 0 Å². The average Bonchev–Trinajstić information content (AvgIpc) is 2.54. The normalized spacial score (nSPS) is 12.5. The maximum absolute atomic E-state index is 11.6. The van der Waals surface area contributed by atoms with Crippen molar-refractivity contribution in [3.05, 3.63) is 0 Å². The lowest BCUT2D eigenvalue weighted by Crippen LogP contribution is -2.40. The smallest absolute Gasteiger partial charge is 0.175 e. The number of carbonyl (C=O) groups is 2. The van der Waals surface area contributed by atoms with Crippen molar-refractivity contribution < 1.29 is 14.7 Å². The molecule has 0 spiro atoms. The summed E-state index contributed by atoms with van der Waals surface area (Å²) in [6, 6.07) is -0.297. The van der Waals surface area contributed by atoms with Gasteiger partial charge in [-0.1, -0.05) is 63.6 Å². The highest BCUT2D eigenvalue weighted by atomic mass is 33.1. The lowest BCUT2D eigenvalue weighted by molar-refractivity contribution is -0.123. The van der Waals surface area contributed by atoms with E-state index in [1.54, 1.807) is 21.6 Å². The Balaban J connectivity index is -0.00000115. The lowest BCUT2D eigenvalue weighted by Gasteiger charge is -2.16. The van der Waals surface area contributed by atoms with Gasteiger partial charge in [0, 0.05) is 23.8 Å². The Morgan fingerprint density at radius 3 is 2.00 bits per heavy atom. The highest BCUT2D eigenvalue weighted by Crippen LogP contribution is 2.26. The summed E-state index contributed by atoms with van der Waals surface area (Å²) in [6.45, 7) is 10.1. The molecular weight excluding hydrogens is 318 g/mol. The lowest BCUT2D eigenvalue weighted by atomic mass is 10.0. The van der Waals surface area contributed by atoms with E-state index in [1.807, 2.05) is 34.6 Å². The molecule has 2 N–H and O–H groups in total. The van der Waals surface area contributed by atoms with Crippen molar-refractivity contribution in [1.29, 1.82) is 0 Å². The molecule has 22 heavy (non-hydrogen) atoms. The Bertz CT molecular complexity index is 276. The molecule has 0 saturated carbocycles. The van der Waals surface area contributed by atoms with E-state index in [2.05, 4.69) is 5.32 Å². The van der Waals surface area contributed by atoms with E-state index in [4.69, 9.17) is 5.11 Å². The first-order chi connectivity index (χ1) is 10.1. The van der Waals surface area contributed by atoms with Gasteiger partial charge >= 0.3 is 0 Å². The van der Waals surface area contributed by atoms with Crippen LogP contribution in [-0.2, 0) is 9.59 Å². The number of ketones is 2. The molecule has 2 unspecified atom stereocenters. The SMILES string of the molecule is C.CC.CCNC(CSSCC(CC)C(=O)CC)C(=O)CO. The first-order valence-corrected chi connectivity index (χ1v) is 10.2. The van der Waals surface area contributed by atoms with Crippen molar-refractivity contribution in [1.82, 2.24) is 5.32 Å². The summed E-state index contributed by atoms with van der Waals surface area (Å²) in [6.07, 6.45) is 1.46. The van der Waals surface area contributed by atoms with Crippen molar-refractivity contribution >= 4 is 33.2 Å². The molecule has 0 aliphatic heterocycles. The van der Waals surface area contributed by atoms with Gasteiger partial charge in [-0.05, 0) is 13.0 Å². The second-order valence-corrected chi connectivity index (χ2v) is 6.78. The van der Waals surface area contributed by atoms with E-state index in [0.717, 1.165) is 12.2 Å². The third-order valence-corrected chi connectivity index (χ3v) is 5.37. The number of nitrogens with one attached hydrogen (secondary N) is 1. The molecule has 0 amide bonds. The van der Waals surface area contributed by atoms with Gasteiger partial charge in [0.15, 0.2) is 5.78 Å². The predicted molar refractivity (Wildman–Crippen MR) is 102 cm³/mol. The van der Waals surface area contributed by atoms with Crippen LogP contribution < -0.4 is 5.32 Å². The Kier molecular flexibility index (Phi) is 23.2. The molecule has 6 heteroatoms. The monoisotopic (exact) mass is 353 g/mol. The van der Waals surface area contributed by atoms with Crippen LogP contribution in [0.5, 0.6) is 0 Å². The molecule has 0 fully saturated rings. The van der Waals surface area contributed by atoms with Gasteiger partial charge in [-0.3, -0.25) is 9.59 Å². The van der Waals surface area contributed by atoms with Gasteiger partial charge < -0.3 is 10.4 Å². The van der Waals surface area contributed by atoms with Crippen LogP contribution in [0.4, 0.5) is 0 Å². The molecule has 0 aliphatic rings. The predicted octanol–water partition coefficient (Wildman–Crippen LogP) is 3.57. The van der Waals surface area contributed by atoms with Crippen LogP contribution in [0.15, 0.2) is 0 Å². The van der Waals surface area contributed by atoms with Gasteiger partial charge in [0.25, 0.3) is 0 Å². The van der Waals surface area contributed by atoms with Gasteiger partial charge in [0.1, 0.15) is 12.4 Å². The fourth-order valence-corrected chi connectivity index (χ4v) is 4.29. The van der Waals surface area contributed by atoms with Gasteiger partial charge in [0.2, 0.25) is 0 Å². The van der Waals surface area contributed by atoms with Crippen molar-refractivity contribution in [2.45, 2.75) is 60.9 Å². The fourth-order valence-electron chi connectivity index (χ4n) is 1.60. The van der Waals surface area contributed by atoms with E-state index < -0.39 is 6.61 Å². The molecule has 2 atom stereocenters. The maximum atomic E-state index is 11.6. The largest absolute Gasteiger partial charge is 0.389 e. The Morgan fingerprint density at radius 1 is 1.05 bits per heavy atom. The number of likely N-dealkylation sites (N-methyl/N-ethyl adjacent to an activating group) is 1. The highest BCUT2D eigenvalue weighted by Gasteiger charge is 2.18. The summed E-state index contributed by atoms with van der Waals surface area (Å²) in [4.78, 5) is 23.1. The summed E-state index contributed by atoms with van der Waals surface area (Å²) in [5.41, 5.74) is 0. The zero-order chi connectivity index (χ0) is 16.7. The first-order valence-electron chi connectivity index (χ1n) is 7.74. The molecule has 0 aromatic carbocycles. The molecular formula is C16H35NO3S2. The number of hydrogen-bond acceptors (Lipinski definition) is 6. The van der Waals surface area contributed by atoms with Gasteiger partial charge in [-0.25, -0.2) is 0 Å². The van der Waals surface area contributed by atoms with Crippen LogP contribution in [0.3, 0.4) is 0 Å². The van der Waals surface area contributed by atoms with Crippen molar-refractivity contribution in [3.63, 3.8) is 0 Å². The molecule has 134 valence electrons. The number of rotatable bonds is 12. The zero-order valence-corrected chi connectivity index (χ0v) is 15.6. The third-order valence-electron chi connectivity index (χ3n) is 2.88. The number of aliphatic hydroxyl groups excluding tert-OH is 1. The quantitative estimate of drug-likeness (QED) is 0.413. The molecule has 0 aromatic rings. The van der Waals surface area contributed by atoms with E-state index in [-0.39, 0.29) is 25.2 Å². The van der Waals surface area contributed by atoms with Crippen LogP contribution in [0.2, 0.25) is 0 Å². The molecule has 0 aliphatic carbocycles. The van der Waals surface area contributed by atoms with E-state index in [0.29, 0.717) is 24.5 Å². The Hall–Kier alpha value is -0.0400. The van der Waals surface area contributed by atoms with Crippen LogP contribution >= 0.6 is 21.6 Å². The van der Waals surface area contributed by atoms with Crippen molar-refractivity contribution in [3.8, 4) is 0 Å². The van der Waals surface area contributed by atoms with Gasteiger partial charge in [0.05, 0.1) is 6.04 Å². The number of aliphatic hydroxyl groups is 1. The molecule has 0 radical (unpaired) electrons. The molecule has 0 saturated heterocycles. The van der Waals surface area contributed by atoms with Crippen LogP contribution in [-0.4, -0.2) is 47.4 Å². The molecule has 0 aromatic heterocycles. The second-order valence-electron chi connectivity index (χ2n) is 4.23. The van der Waals surface area contributed by atoms with Crippen LogP contribution in [0, 0.1) is 5.92 Å². The van der Waals surface area contributed by atoms with Crippen LogP contribution in [0.1, 0.15) is 54.9 Å². The zero-order valence-electron chi connectivity index (χ0n) is 14.0.